The van der Waals surface area contributed by atoms with Crippen LogP contribution < -0.4 is 5.32 Å². The molecule has 0 spiro atoms. The van der Waals surface area contributed by atoms with Gasteiger partial charge in [-0.25, -0.2) is 0 Å². The molecule has 0 aromatic rings. The second-order valence-corrected chi connectivity index (χ2v) is 4.62. The molecule has 1 amide bonds. The largest absolute Gasteiger partial charge is 0.353 e. The molecule has 0 aliphatic carbocycles. The highest BCUT2D eigenvalue weighted by Crippen LogP contribution is 1.96. The van der Waals surface area contributed by atoms with Gasteiger partial charge < -0.3 is 5.32 Å². The summed E-state index contributed by atoms with van der Waals surface area (Å²) in [6.45, 7) is 6.89. The highest BCUT2D eigenvalue weighted by molar-refractivity contribution is 5.87. The Morgan fingerprint density at radius 2 is 1.71 bits per heavy atom. The molecule has 21 heavy (non-hydrogen) atoms. The first-order chi connectivity index (χ1) is 10.2. The maximum absolute atomic E-state index is 11.4. The van der Waals surface area contributed by atoms with Crippen LogP contribution in [0, 0.1) is 29.6 Å². The van der Waals surface area contributed by atoms with E-state index in [0.29, 0.717) is 12.5 Å². The van der Waals surface area contributed by atoms with Crippen LogP contribution in [-0.2, 0) is 4.79 Å². The van der Waals surface area contributed by atoms with Gasteiger partial charge in [0.15, 0.2) is 0 Å². The van der Waals surface area contributed by atoms with E-state index in [1.807, 2.05) is 19.1 Å². The average Bonchev–Trinajstić information content (AvgIpc) is 2.44. The molecule has 110 valence electrons. The lowest BCUT2D eigenvalue weighted by Gasteiger charge is -2.03. The van der Waals surface area contributed by atoms with Gasteiger partial charge in [0.05, 0.1) is 0 Å². The topological polar surface area (TPSA) is 29.1 Å². The van der Waals surface area contributed by atoms with Gasteiger partial charge in [-0.05, 0) is 43.3 Å². The minimum atomic E-state index is -0.0664. The summed E-state index contributed by atoms with van der Waals surface area (Å²) in [5.74, 6) is 11.5. The zero-order valence-corrected chi connectivity index (χ0v) is 13.0. The molecule has 0 atom stereocenters. The van der Waals surface area contributed by atoms with Crippen LogP contribution in [0.5, 0.6) is 0 Å². The standard InChI is InChI=1S/C19H23NO/c1-4-5-6-7-8-9-10-11-12-13-14-15-19(21)20-17-16-18(2)3/h4-5,10-15,18H,16-17H2,1-3H3,(H,20,21). The fraction of sp³-hybridized carbons (Fsp3) is 0.316. The highest BCUT2D eigenvalue weighted by Gasteiger charge is 1.95. The van der Waals surface area contributed by atoms with E-state index in [2.05, 4.69) is 42.8 Å². The summed E-state index contributed by atoms with van der Waals surface area (Å²) in [4.78, 5) is 11.4. The molecule has 1 N–H and O–H groups in total. The Morgan fingerprint density at radius 1 is 1.05 bits per heavy atom. The van der Waals surface area contributed by atoms with Gasteiger partial charge in [-0.3, -0.25) is 4.79 Å². The van der Waals surface area contributed by atoms with Gasteiger partial charge in [-0.1, -0.05) is 56.1 Å². The summed E-state index contributed by atoms with van der Waals surface area (Å²) < 4.78 is 0. The van der Waals surface area contributed by atoms with Crippen molar-refractivity contribution in [3.05, 3.63) is 48.6 Å². The molecule has 0 rings (SSSR count). The van der Waals surface area contributed by atoms with Crippen molar-refractivity contribution in [1.29, 1.82) is 0 Å². The van der Waals surface area contributed by atoms with Crippen molar-refractivity contribution in [2.45, 2.75) is 27.2 Å². The number of nitrogens with one attached hydrogen (secondary N) is 1. The van der Waals surface area contributed by atoms with Crippen molar-refractivity contribution in [2.24, 2.45) is 5.92 Å². The molecule has 0 radical (unpaired) electrons. The van der Waals surface area contributed by atoms with Crippen molar-refractivity contribution in [3.8, 4) is 23.7 Å². The molecule has 0 saturated carbocycles. The quantitative estimate of drug-likeness (QED) is 0.451. The van der Waals surface area contributed by atoms with Gasteiger partial charge in [0.1, 0.15) is 0 Å². The molecule has 0 aromatic carbocycles. The summed E-state index contributed by atoms with van der Waals surface area (Å²) in [6.07, 6.45) is 14.9. The Kier molecular flexibility index (Phi) is 12.3. The number of hydrogen-bond acceptors (Lipinski definition) is 1. The summed E-state index contributed by atoms with van der Waals surface area (Å²) in [6, 6.07) is 0. The van der Waals surface area contributed by atoms with Crippen LogP contribution in [-0.4, -0.2) is 12.5 Å². The number of rotatable bonds is 6. The Bertz CT molecular complexity index is 525. The van der Waals surface area contributed by atoms with Crippen LogP contribution in [0.3, 0.4) is 0 Å². The fourth-order valence-electron chi connectivity index (χ4n) is 1.16. The lowest BCUT2D eigenvalue weighted by Crippen LogP contribution is -2.23. The molecule has 2 heteroatoms. The molecule has 2 nitrogen and oxygen atoms in total. The number of carbonyl (C=O) groups excluding carboxylic acids is 1. The van der Waals surface area contributed by atoms with Crippen LogP contribution in [0.1, 0.15) is 27.2 Å². The maximum atomic E-state index is 11.4. The fourth-order valence-corrected chi connectivity index (χ4v) is 1.16. The molecule has 0 unspecified atom stereocenters. The lowest BCUT2D eigenvalue weighted by molar-refractivity contribution is -0.116. The normalized spacial score (nSPS) is 11.0. The monoisotopic (exact) mass is 281 g/mol. The minimum Gasteiger partial charge on any atom is -0.353 e. The van der Waals surface area contributed by atoms with Crippen LogP contribution in [0.15, 0.2) is 48.6 Å². The van der Waals surface area contributed by atoms with Crippen molar-refractivity contribution >= 4 is 5.91 Å². The van der Waals surface area contributed by atoms with Gasteiger partial charge in [0.25, 0.3) is 0 Å². The number of carbonyl (C=O) groups is 1. The van der Waals surface area contributed by atoms with Gasteiger partial charge >= 0.3 is 0 Å². The van der Waals surface area contributed by atoms with Crippen LogP contribution >= 0.6 is 0 Å². The predicted octanol–water partition coefficient (Wildman–Crippen LogP) is 3.40. The molecule has 0 heterocycles. The Morgan fingerprint density at radius 3 is 2.38 bits per heavy atom. The van der Waals surface area contributed by atoms with E-state index in [4.69, 9.17) is 0 Å². The average molecular weight is 281 g/mol. The van der Waals surface area contributed by atoms with Gasteiger partial charge in [0.2, 0.25) is 5.91 Å². The van der Waals surface area contributed by atoms with E-state index >= 15 is 0 Å². The van der Waals surface area contributed by atoms with Gasteiger partial charge in [-0.2, -0.15) is 0 Å². The zero-order chi connectivity index (χ0) is 15.8. The first kappa shape index (κ1) is 18.6. The first-order valence-electron chi connectivity index (χ1n) is 7.06. The van der Waals surface area contributed by atoms with E-state index in [1.54, 1.807) is 30.4 Å². The molecular formula is C19H23NO. The van der Waals surface area contributed by atoms with Crippen LogP contribution in [0.4, 0.5) is 0 Å². The van der Waals surface area contributed by atoms with Gasteiger partial charge in [-0.15, -0.1) is 0 Å². The molecule has 0 bridgehead atoms. The minimum absolute atomic E-state index is 0.0664. The van der Waals surface area contributed by atoms with Gasteiger partial charge in [0, 0.05) is 12.6 Å². The Balaban J connectivity index is 3.92. The molecule has 0 aliphatic rings. The van der Waals surface area contributed by atoms with Crippen molar-refractivity contribution in [1.82, 2.24) is 5.32 Å². The summed E-state index contributed by atoms with van der Waals surface area (Å²) in [7, 11) is 0. The molecule has 0 fully saturated rings. The maximum Gasteiger partial charge on any atom is 0.243 e. The third-order valence-corrected chi connectivity index (χ3v) is 2.24. The van der Waals surface area contributed by atoms with Crippen molar-refractivity contribution in [3.63, 3.8) is 0 Å². The SMILES string of the molecule is CC=CC#CC#CC=CC=CC=CC(=O)NCCC(C)C. The summed E-state index contributed by atoms with van der Waals surface area (Å²) >= 11 is 0. The van der Waals surface area contributed by atoms with Crippen molar-refractivity contribution < 1.29 is 4.79 Å². The third-order valence-electron chi connectivity index (χ3n) is 2.24. The zero-order valence-electron chi connectivity index (χ0n) is 13.0. The summed E-state index contributed by atoms with van der Waals surface area (Å²) in [5.41, 5.74) is 0. The van der Waals surface area contributed by atoms with E-state index < -0.39 is 0 Å². The molecule has 0 saturated heterocycles. The lowest BCUT2D eigenvalue weighted by atomic mass is 10.1. The van der Waals surface area contributed by atoms with E-state index in [1.165, 1.54) is 6.08 Å². The van der Waals surface area contributed by atoms with E-state index in [-0.39, 0.29) is 5.91 Å². The smallest absolute Gasteiger partial charge is 0.243 e. The Hall–Kier alpha value is -2.45. The van der Waals surface area contributed by atoms with Crippen LogP contribution in [0.25, 0.3) is 0 Å². The highest BCUT2D eigenvalue weighted by atomic mass is 16.1. The third kappa shape index (κ3) is 15.5. The van der Waals surface area contributed by atoms with Crippen LogP contribution in [0.2, 0.25) is 0 Å². The molecule has 0 aromatic heterocycles. The number of amides is 1. The Labute approximate surface area is 128 Å². The van der Waals surface area contributed by atoms with E-state index in [9.17, 15) is 4.79 Å². The number of hydrogen-bond donors (Lipinski definition) is 1. The van der Waals surface area contributed by atoms with Crippen molar-refractivity contribution in [2.75, 3.05) is 6.54 Å². The molecule has 0 aliphatic heterocycles. The predicted molar refractivity (Wildman–Crippen MR) is 90.3 cm³/mol. The second kappa shape index (κ2) is 14.0. The summed E-state index contributed by atoms with van der Waals surface area (Å²) in [5, 5.41) is 2.83. The van der Waals surface area contributed by atoms with E-state index in [0.717, 1.165) is 6.42 Å². The second-order valence-electron chi connectivity index (χ2n) is 4.62. The first-order valence-corrected chi connectivity index (χ1v) is 7.06. The number of allylic oxidation sites excluding steroid dienone is 7. The molecular weight excluding hydrogens is 258 g/mol.